The van der Waals surface area contributed by atoms with Crippen LogP contribution in [-0.4, -0.2) is 75.4 Å². The standard InChI is InChI=1S/C20H31N3O5S/c1-3-5-6-11-21-19(24)16-22-12-14-23(15-13-22)29(26,27)18-9-7-17(8-10-18)20(25)28-4-2/h7-10H,3-6,11-16H2,1-2H3,(H,21,24). The van der Waals surface area contributed by atoms with Gasteiger partial charge in [0, 0.05) is 32.7 Å². The highest BCUT2D eigenvalue weighted by molar-refractivity contribution is 7.89. The number of carbonyl (C=O) groups excluding carboxylic acids is 2. The zero-order chi connectivity index (χ0) is 21.3. The fourth-order valence-electron chi connectivity index (χ4n) is 3.12. The highest BCUT2D eigenvalue weighted by Crippen LogP contribution is 2.18. The number of sulfonamides is 1. The van der Waals surface area contributed by atoms with E-state index in [2.05, 4.69) is 12.2 Å². The van der Waals surface area contributed by atoms with Crippen molar-refractivity contribution in [2.24, 2.45) is 0 Å². The molecule has 1 aromatic rings. The van der Waals surface area contributed by atoms with E-state index in [-0.39, 0.29) is 24.0 Å². The molecule has 8 nitrogen and oxygen atoms in total. The highest BCUT2D eigenvalue weighted by Gasteiger charge is 2.29. The van der Waals surface area contributed by atoms with Crippen molar-refractivity contribution < 1.29 is 22.7 Å². The van der Waals surface area contributed by atoms with Crippen LogP contribution in [0.3, 0.4) is 0 Å². The van der Waals surface area contributed by atoms with Crippen LogP contribution in [0.1, 0.15) is 43.5 Å². The molecule has 0 spiro atoms. The Balaban J connectivity index is 1.86. The van der Waals surface area contributed by atoms with Crippen LogP contribution in [0.2, 0.25) is 0 Å². The Morgan fingerprint density at radius 1 is 1.03 bits per heavy atom. The average molecular weight is 426 g/mol. The third kappa shape index (κ3) is 6.80. The number of unbranched alkanes of at least 4 members (excludes halogenated alkanes) is 2. The van der Waals surface area contributed by atoms with Gasteiger partial charge >= 0.3 is 5.97 Å². The molecule has 1 N–H and O–H groups in total. The third-order valence-corrected chi connectivity index (χ3v) is 6.72. The minimum Gasteiger partial charge on any atom is -0.462 e. The number of nitrogens with zero attached hydrogens (tertiary/aromatic N) is 2. The second-order valence-corrected chi connectivity index (χ2v) is 8.92. The first-order valence-corrected chi connectivity index (χ1v) is 11.6. The van der Waals surface area contributed by atoms with E-state index in [0.29, 0.717) is 38.3 Å². The summed E-state index contributed by atoms with van der Waals surface area (Å²) in [5.74, 6) is -0.495. The molecule has 0 atom stereocenters. The van der Waals surface area contributed by atoms with Crippen LogP contribution in [0.5, 0.6) is 0 Å². The summed E-state index contributed by atoms with van der Waals surface area (Å²) in [5.41, 5.74) is 0.320. The first kappa shape index (κ1) is 23.3. The van der Waals surface area contributed by atoms with Crippen LogP contribution in [0.15, 0.2) is 29.2 Å². The summed E-state index contributed by atoms with van der Waals surface area (Å²) in [5, 5.41) is 2.91. The van der Waals surface area contributed by atoms with Crippen LogP contribution >= 0.6 is 0 Å². The summed E-state index contributed by atoms with van der Waals surface area (Å²) in [7, 11) is -3.64. The van der Waals surface area contributed by atoms with E-state index in [9.17, 15) is 18.0 Å². The third-order valence-electron chi connectivity index (χ3n) is 4.80. The molecule has 0 radical (unpaired) electrons. The van der Waals surface area contributed by atoms with Crippen molar-refractivity contribution in [3.63, 3.8) is 0 Å². The number of hydrogen-bond acceptors (Lipinski definition) is 6. The molecule has 1 aliphatic rings. The molecule has 162 valence electrons. The second-order valence-electron chi connectivity index (χ2n) is 6.98. The molecule has 1 aliphatic heterocycles. The summed E-state index contributed by atoms with van der Waals surface area (Å²) in [4.78, 5) is 25.8. The van der Waals surface area contributed by atoms with Gasteiger partial charge in [-0.1, -0.05) is 19.8 Å². The van der Waals surface area contributed by atoms with Crippen LogP contribution in [0.4, 0.5) is 0 Å². The Hall–Kier alpha value is -1.97. The zero-order valence-corrected chi connectivity index (χ0v) is 18.0. The molecule has 0 unspecified atom stereocenters. The maximum absolute atomic E-state index is 12.8. The van der Waals surface area contributed by atoms with Crippen molar-refractivity contribution in [2.75, 3.05) is 45.9 Å². The highest BCUT2D eigenvalue weighted by atomic mass is 32.2. The monoisotopic (exact) mass is 425 g/mol. The Labute approximate surface area is 173 Å². The molecule has 1 fully saturated rings. The van der Waals surface area contributed by atoms with Gasteiger partial charge in [0.2, 0.25) is 15.9 Å². The fraction of sp³-hybridized carbons (Fsp3) is 0.600. The molecular formula is C20H31N3O5S. The lowest BCUT2D eigenvalue weighted by molar-refractivity contribution is -0.122. The van der Waals surface area contributed by atoms with Gasteiger partial charge in [0.25, 0.3) is 0 Å². The van der Waals surface area contributed by atoms with Crippen LogP contribution in [-0.2, 0) is 19.6 Å². The molecular weight excluding hydrogens is 394 g/mol. The van der Waals surface area contributed by atoms with E-state index < -0.39 is 16.0 Å². The number of amides is 1. The van der Waals surface area contributed by atoms with Crippen molar-refractivity contribution in [3.05, 3.63) is 29.8 Å². The molecule has 29 heavy (non-hydrogen) atoms. The Morgan fingerprint density at radius 3 is 2.28 bits per heavy atom. The van der Waals surface area contributed by atoms with E-state index in [1.807, 2.05) is 4.90 Å². The number of ether oxygens (including phenoxy) is 1. The number of nitrogens with one attached hydrogen (secondary N) is 1. The van der Waals surface area contributed by atoms with E-state index in [1.54, 1.807) is 6.92 Å². The SMILES string of the molecule is CCCCCNC(=O)CN1CCN(S(=O)(=O)c2ccc(C(=O)OCC)cc2)CC1. The van der Waals surface area contributed by atoms with Gasteiger partial charge < -0.3 is 10.1 Å². The molecule has 1 aromatic carbocycles. The van der Waals surface area contributed by atoms with E-state index in [4.69, 9.17) is 4.74 Å². The van der Waals surface area contributed by atoms with Gasteiger partial charge in [-0.05, 0) is 37.6 Å². The normalized spacial score (nSPS) is 15.8. The minimum atomic E-state index is -3.64. The van der Waals surface area contributed by atoms with Crippen LogP contribution < -0.4 is 5.32 Å². The average Bonchev–Trinajstić information content (AvgIpc) is 2.72. The number of piperazine rings is 1. The van der Waals surface area contributed by atoms with Crippen molar-refractivity contribution in [1.29, 1.82) is 0 Å². The molecule has 0 aliphatic carbocycles. The molecule has 0 bridgehead atoms. The number of esters is 1. The van der Waals surface area contributed by atoms with E-state index in [0.717, 1.165) is 19.3 Å². The largest absolute Gasteiger partial charge is 0.462 e. The Morgan fingerprint density at radius 2 is 1.69 bits per heavy atom. The minimum absolute atomic E-state index is 0.0213. The van der Waals surface area contributed by atoms with Crippen LogP contribution in [0, 0.1) is 0 Å². The Bertz CT molecular complexity index is 772. The first-order valence-electron chi connectivity index (χ1n) is 10.1. The van der Waals surface area contributed by atoms with Crippen molar-refractivity contribution in [3.8, 4) is 0 Å². The van der Waals surface area contributed by atoms with Crippen molar-refractivity contribution in [1.82, 2.24) is 14.5 Å². The molecule has 2 rings (SSSR count). The maximum atomic E-state index is 12.8. The lowest BCUT2D eigenvalue weighted by atomic mass is 10.2. The van der Waals surface area contributed by atoms with Gasteiger partial charge in [0.1, 0.15) is 0 Å². The van der Waals surface area contributed by atoms with Crippen molar-refractivity contribution >= 4 is 21.9 Å². The summed E-state index contributed by atoms with van der Waals surface area (Å²) in [6.45, 7) is 6.72. The predicted octanol–water partition coefficient (Wildman–Crippen LogP) is 1.48. The maximum Gasteiger partial charge on any atom is 0.338 e. The topological polar surface area (TPSA) is 96.0 Å². The fourth-order valence-corrected chi connectivity index (χ4v) is 4.54. The number of hydrogen-bond donors (Lipinski definition) is 1. The number of rotatable bonds is 10. The molecule has 9 heteroatoms. The molecule has 0 saturated carbocycles. The van der Waals surface area contributed by atoms with Gasteiger partial charge in [0.05, 0.1) is 23.6 Å². The predicted molar refractivity (Wildman–Crippen MR) is 110 cm³/mol. The first-order chi connectivity index (χ1) is 13.9. The van der Waals surface area contributed by atoms with Gasteiger partial charge in [-0.15, -0.1) is 0 Å². The summed E-state index contributed by atoms with van der Waals surface area (Å²) in [6.07, 6.45) is 3.18. The smallest absolute Gasteiger partial charge is 0.338 e. The number of benzene rings is 1. The van der Waals surface area contributed by atoms with Crippen LogP contribution in [0.25, 0.3) is 0 Å². The lowest BCUT2D eigenvalue weighted by Gasteiger charge is -2.33. The molecule has 1 saturated heterocycles. The molecule has 1 heterocycles. The van der Waals surface area contributed by atoms with Gasteiger partial charge in [-0.3, -0.25) is 9.69 Å². The quantitative estimate of drug-likeness (QED) is 0.451. The van der Waals surface area contributed by atoms with Crippen molar-refractivity contribution in [2.45, 2.75) is 38.0 Å². The van der Waals surface area contributed by atoms with Gasteiger partial charge in [-0.2, -0.15) is 4.31 Å². The number of carbonyl (C=O) groups is 2. The lowest BCUT2D eigenvalue weighted by Crippen LogP contribution is -2.51. The summed E-state index contributed by atoms with van der Waals surface area (Å²) in [6, 6.07) is 5.78. The van der Waals surface area contributed by atoms with Gasteiger partial charge in [0.15, 0.2) is 0 Å². The van der Waals surface area contributed by atoms with Gasteiger partial charge in [-0.25, -0.2) is 13.2 Å². The summed E-state index contributed by atoms with van der Waals surface area (Å²) < 4.78 is 32.0. The molecule has 1 amide bonds. The zero-order valence-electron chi connectivity index (χ0n) is 17.2. The van der Waals surface area contributed by atoms with E-state index >= 15 is 0 Å². The molecule has 0 aromatic heterocycles. The second kappa shape index (κ2) is 11.3. The summed E-state index contributed by atoms with van der Waals surface area (Å²) >= 11 is 0. The Kier molecular flexibility index (Phi) is 9.06. The van der Waals surface area contributed by atoms with E-state index in [1.165, 1.54) is 28.6 Å².